The van der Waals surface area contributed by atoms with Crippen LogP contribution < -0.4 is 10.5 Å². The number of nitrogen functional groups attached to an aromatic ring is 1. The molecule has 19 heavy (non-hydrogen) atoms. The first-order valence-corrected chi connectivity index (χ1v) is 6.48. The number of ether oxygens (including phenoxy) is 1. The quantitative estimate of drug-likeness (QED) is 0.918. The average molecular weight is 298 g/mol. The maximum absolute atomic E-state index is 5.92. The normalized spacial score (nSPS) is 10.8. The lowest BCUT2D eigenvalue weighted by Crippen LogP contribution is -2.03. The highest BCUT2D eigenvalue weighted by Crippen LogP contribution is 2.29. The molecule has 0 bridgehead atoms. The molecule has 0 amide bonds. The van der Waals surface area contributed by atoms with Gasteiger partial charge in [-0.3, -0.25) is 0 Å². The third-order valence-corrected chi connectivity index (χ3v) is 3.11. The van der Waals surface area contributed by atoms with Gasteiger partial charge in [0.2, 0.25) is 5.88 Å². The minimum atomic E-state index is 0.166. The number of rotatable bonds is 3. The fourth-order valence-corrected chi connectivity index (χ4v) is 1.72. The highest BCUT2D eigenvalue weighted by Gasteiger charge is 2.09. The molecule has 1 aromatic heterocycles. The van der Waals surface area contributed by atoms with Gasteiger partial charge in [-0.05, 0) is 12.1 Å². The van der Waals surface area contributed by atoms with E-state index >= 15 is 0 Å². The Kier molecular flexibility index (Phi) is 4.12. The second-order valence-corrected chi connectivity index (χ2v) is 5.14. The van der Waals surface area contributed by atoms with Gasteiger partial charge in [0, 0.05) is 18.1 Å². The van der Waals surface area contributed by atoms with Crippen molar-refractivity contribution in [2.24, 2.45) is 0 Å². The van der Waals surface area contributed by atoms with Crippen LogP contribution in [0.1, 0.15) is 25.6 Å². The summed E-state index contributed by atoms with van der Waals surface area (Å²) >= 11 is 11.8. The molecule has 1 aromatic carbocycles. The molecule has 2 N–H and O–H groups in total. The molecule has 0 saturated heterocycles. The van der Waals surface area contributed by atoms with Crippen molar-refractivity contribution in [1.29, 1.82) is 0 Å². The first kappa shape index (κ1) is 13.9. The molecule has 0 fully saturated rings. The predicted molar refractivity (Wildman–Crippen MR) is 77.1 cm³/mol. The molecule has 2 aromatic rings. The predicted octanol–water partition coefficient (Wildman–Crippen LogP) is 4.28. The Morgan fingerprint density at radius 2 is 1.84 bits per heavy atom. The highest BCUT2D eigenvalue weighted by atomic mass is 35.5. The van der Waals surface area contributed by atoms with E-state index in [4.69, 9.17) is 33.7 Å². The van der Waals surface area contributed by atoms with Gasteiger partial charge in [0.1, 0.15) is 17.4 Å². The standard InChI is InChI=1S/C13H13Cl2N3O/c1-7(2)13-17-11(16)6-12(18-13)19-8-3-4-9(14)10(15)5-8/h3-7H,1-2H3,(H2,16,17,18). The molecule has 0 spiro atoms. The fourth-order valence-electron chi connectivity index (χ4n) is 1.43. The van der Waals surface area contributed by atoms with Gasteiger partial charge in [0.25, 0.3) is 0 Å². The lowest BCUT2D eigenvalue weighted by molar-refractivity contribution is 0.457. The fraction of sp³-hybridized carbons (Fsp3) is 0.231. The molecular weight excluding hydrogens is 285 g/mol. The maximum atomic E-state index is 5.92. The van der Waals surface area contributed by atoms with Crippen molar-refractivity contribution in [3.05, 3.63) is 40.1 Å². The molecule has 0 unspecified atom stereocenters. The molecule has 0 aliphatic rings. The summed E-state index contributed by atoms with van der Waals surface area (Å²) < 4.78 is 5.61. The van der Waals surface area contributed by atoms with Crippen LogP contribution in [-0.2, 0) is 0 Å². The zero-order valence-corrected chi connectivity index (χ0v) is 12.0. The highest BCUT2D eigenvalue weighted by molar-refractivity contribution is 6.42. The number of anilines is 1. The van der Waals surface area contributed by atoms with E-state index < -0.39 is 0 Å². The molecular formula is C13H13Cl2N3O. The van der Waals surface area contributed by atoms with Gasteiger partial charge >= 0.3 is 0 Å². The molecule has 2 rings (SSSR count). The lowest BCUT2D eigenvalue weighted by Gasteiger charge is -2.09. The van der Waals surface area contributed by atoms with E-state index in [0.29, 0.717) is 33.3 Å². The summed E-state index contributed by atoms with van der Waals surface area (Å²) in [6.07, 6.45) is 0. The largest absolute Gasteiger partial charge is 0.439 e. The van der Waals surface area contributed by atoms with Crippen LogP contribution in [0.4, 0.5) is 5.82 Å². The second kappa shape index (κ2) is 5.63. The van der Waals surface area contributed by atoms with E-state index in [1.54, 1.807) is 24.3 Å². The second-order valence-electron chi connectivity index (χ2n) is 4.32. The summed E-state index contributed by atoms with van der Waals surface area (Å²) in [5, 5.41) is 0.893. The van der Waals surface area contributed by atoms with Crippen molar-refractivity contribution >= 4 is 29.0 Å². The summed E-state index contributed by atoms with van der Waals surface area (Å²) in [6.45, 7) is 3.97. The number of nitrogens with two attached hydrogens (primary N) is 1. The van der Waals surface area contributed by atoms with Crippen molar-refractivity contribution in [3.63, 3.8) is 0 Å². The molecule has 6 heteroatoms. The monoisotopic (exact) mass is 297 g/mol. The molecule has 0 saturated carbocycles. The van der Waals surface area contributed by atoms with Gasteiger partial charge in [0.15, 0.2) is 0 Å². The Bertz CT molecular complexity index is 602. The van der Waals surface area contributed by atoms with Crippen LogP contribution in [0.25, 0.3) is 0 Å². The van der Waals surface area contributed by atoms with Crippen LogP contribution in [0.5, 0.6) is 11.6 Å². The Hall–Kier alpha value is -1.52. The molecule has 0 aliphatic carbocycles. The zero-order valence-electron chi connectivity index (χ0n) is 10.5. The topological polar surface area (TPSA) is 61.0 Å². The number of hydrogen-bond acceptors (Lipinski definition) is 4. The number of aromatic nitrogens is 2. The summed E-state index contributed by atoms with van der Waals surface area (Å²) in [6, 6.07) is 6.56. The van der Waals surface area contributed by atoms with Gasteiger partial charge in [0.05, 0.1) is 10.0 Å². The third-order valence-electron chi connectivity index (χ3n) is 2.37. The summed E-state index contributed by atoms with van der Waals surface area (Å²) in [7, 11) is 0. The molecule has 1 heterocycles. The third kappa shape index (κ3) is 3.49. The van der Waals surface area contributed by atoms with E-state index in [9.17, 15) is 0 Å². The van der Waals surface area contributed by atoms with E-state index in [1.165, 1.54) is 0 Å². The zero-order chi connectivity index (χ0) is 14.0. The van der Waals surface area contributed by atoms with E-state index in [0.717, 1.165) is 0 Å². The van der Waals surface area contributed by atoms with Crippen LogP contribution in [0.2, 0.25) is 10.0 Å². The minimum Gasteiger partial charge on any atom is -0.439 e. The Morgan fingerprint density at radius 3 is 2.47 bits per heavy atom. The smallest absolute Gasteiger partial charge is 0.224 e. The van der Waals surface area contributed by atoms with Crippen LogP contribution in [-0.4, -0.2) is 9.97 Å². The molecule has 100 valence electrons. The van der Waals surface area contributed by atoms with Gasteiger partial charge < -0.3 is 10.5 Å². The number of hydrogen-bond donors (Lipinski definition) is 1. The van der Waals surface area contributed by atoms with Gasteiger partial charge in [-0.25, -0.2) is 4.98 Å². The van der Waals surface area contributed by atoms with Crippen molar-refractivity contribution < 1.29 is 4.74 Å². The Labute approximate surface area is 121 Å². The molecule has 4 nitrogen and oxygen atoms in total. The van der Waals surface area contributed by atoms with Gasteiger partial charge in [-0.2, -0.15) is 4.98 Å². The number of nitrogens with zero attached hydrogens (tertiary/aromatic N) is 2. The summed E-state index contributed by atoms with van der Waals surface area (Å²) in [5.74, 6) is 2.10. The Morgan fingerprint density at radius 1 is 1.11 bits per heavy atom. The minimum absolute atomic E-state index is 0.166. The van der Waals surface area contributed by atoms with E-state index in [-0.39, 0.29) is 5.92 Å². The first-order chi connectivity index (χ1) is 8.95. The average Bonchev–Trinajstić information content (AvgIpc) is 2.33. The van der Waals surface area contributed by atoms with Crippen LogP contribution in [0.15, 0.2) is 24.3 Å². The van der Waals surface area contributed by atoms with Crippen LogP contribution in [0, 0.1) is 0 Å². The van der Waals surface area contributed by atoms with E-state index in [2.05, 4.69) is 9.97 Å². The summed E-state index contributed by atoms with van der Waals surface area (Å²) in [5.41, 5.74) is 5.73. The van der Waals surface area contributed by atoms with Crippen LogP contribution in [0.3, 0.4) is 0 Å². The number of halogens is 2. The van der Waals surface area contributed by atoms with Crippen LogP contribution >= 0.6 is 23.2 Å². The SMILES string of the molecule is CC(C)c1nc(N)cc(Oc2ccc(Cl)c(Cl)c2)n1. The van der Waals surface area contributed by atoms with Gasteiger partial charge in [-0.1, -0.05) is 37.0 Å². The lowest BCUT2D eigenvalue weighted by atomic mass is 10.2. The van der Waals surface area contributed by atoms with Crippen molar-refractivity contribution in [2.45, 2.75) is 19.8 Å². The Balaban J connectivity index is 2.29. The van der Waals surface area contributed by atoms with Crippen molar-refractivity contribution in [1.82, 2.24) is 9.97 Å². The number of benzene rings is 1. The van der Waals surface area contributed by atoms with Crippen molar-refractivity contribution in [3.8, 4) is 11.6 Å². The molecule has 0 aliphatic heterocycles. The van der Waals surface area contributed by atoms with Crippen molar-refractivity contribution in [2.75, 3.05) is 5.73 Å². The molecule has 0 radical (unpaired) electrons. The van der Waals surface area contributed by atoms with E-state index in [1.807, 2.05) is 13.8 Å². The van der Waals surface area contributed by atoms with Gasteiger partial charge in [-0.15, -0.1) is 0 Å². The maximum Gasteiger partial charge on any atom is 0.224 e. The molecule has 0 atom stereocenters. The first-order valence-electron chi connectivity index (χ1n) is 5.73. The summed E-state index contributed by atoms with van der Waals surface area (Å²) in [4.78, 5) is 8.44.